The predicted octanol–water partition coefficient (Wildman–Crippen LogP) is 2.99. The second kappa shape index (κ2) is 4.46. The molecule has 1 aliphatic rings. The lowest BCUT2D eigenvalue weighted by Crippen LogP contribution is -2.36. The molecule has 0 aromatic heterocycles. The molecular formula is C14H21NO. The Balaban J connectivity index is 2.38. The molecule has 0 spiro atoms. The van der Waals surface area contributed by atoms with E-state index >= 15 is 0 Å². The largest absolute Gasteiger partial charge is 0.497 e. The Bertz CT molecular complexity index is 367. The van der Waals surface area contributed by atoms with Crippen molar-refractivity contribution < 1.29 is 4.74 Å². The fraction of sp³-hybridized carbons (Fsp3) is 0.571. The van der Waals surface area contributed by atoms with E-state index in [0.717, 1.165) is 18.7 Å². The highest BCUT2D eigenvalue weighted by atomic mass is 16.5. The Morgan fingerprint density at radius 3 is 2.75 bits per heavy atom. The summed E-state index contributed by atoms with van der Waals surface area (Å²) in [5.74, 6) is 0.950. The van der Waals surface area contributed by atoms with Crippen LogP contribution in [0, 0.1) is 6.92 Å². The molecular weight excluding hydrogens is 198 g/mol. The molecule has 1 N–H and O–H groups in total. The summed E-state index contributed by atoms with van der Waals surface area (Å²) in [6, 6.07) is 6.42. The van der Waals surface area contributed by atoms with Gasteiger partial charge in [-0.3, -0.25) is 0 Å². The van der Waals surface area contributed by atoms with Gasteiger partial charge in [-0.15, -0.1) is 0 Å². The summed E-state index contributed by atoms with van der Waals surface area (Å²) in [6.07, 6.45) is 3.68. The first-order chi connectivity index (χ1) is 7.72. The van der Waals surface area contributed by atoms with E-state index in [1.807, 2.05) is 0 Å². The van der Waals surface area contributed by atoms with E-state index in [4.69, 9.17) is 4.74 Å². The van der Waals surface area contributed by atoms with Gasteiger partial charge in [0.2, 0.25) is 0 Å². The number of benzene rings is 1. The van der Waals surface area contributed by atoms with Crippen molar-refractivity contribution in [2.45, 2.75) is 38.6 Å². The zero-order valence-corrected chi connectivity index (χ0v) is 10.5. The van der Waals surface area contributed by atoms with Crippen LogP contribution in [0.2, 0.25) is 0 Å². The standard InChI is InChI=1S/C14H21NO/c1-4-14(8-5-9-15-14)13-7-6-12(16-3)10-11(13)2/h6-7,10,15H,4-5,8-9H2,1-3H3. The monoisotopic (exact) mass is 219 g/mol. The summed E-state index contributed by atoms with van der Waals surface area (Å²) in [6.45, 7) is 5.58. The average Bonchev–Trinajstić information content (AvgIpc) is 2.78. The lowest BCUT2D eigenvalue weighted by atomic mass is 9.83. The highest BCUT2D eigenvalue weighted by Crippen LogP contribution is 2.36. The van der Waals surface area contributed by atoms with E-state index in [-0.39, 0.29) is 5.54 Å². The molecule has 0 aliphatic carbocycles. The van der Waals surface area contributed by atoms with Crippen molar-refractivity contribution in [2.75, 3.05) is 13.7 Å². The highest BCUT2D eigenvalue weighted by Gasteiger charge is 2.34. The van der Waals surface area contributed by atoms with Gasteiger partial charge in [-0.1, -0.05) is 13.0 Å². The van der Waals surface area contributed by atoms with Crippen molar-refractivity contribution >= 4 is 0 Å². The number of ether oxygens (including phenoxy) is 1. The summed E-state index contributed by atoms with van der Waals surface area (Å²) < 4.78 is 5.26. The lowest BCUT2D eigenvalue weighted by molar-refractivity contribution is 0.372. The van der Waals surface area contributed by atoms with Gasteiger partial charge in [-0.2, -0.15) is 0 Å². The summed E-state index contributed by atoms with van der Waals surface area (Å²) >= 11 is 0. The first kappa shape index (κ1) is 11.5. The molecule has 0 bridgehead atoms. The molecule has 1 saturated heterocycles. The van der Waals surface area contributed by atoms with Crippen molar-refractivity contribution in [3.8, 4) is 5.75 Å². The highest BCUT2D eigenvalue weighted by molar-refractivity contribution is 5.39. The number of nitrogens with one attached hydrogen (secondary N) is 1. The van der Waals surface area contributed by atoms with Gasteiger partial charge < -0.3 is 10.1 Å². The Morgan fingerprint density at radius 1 is 1.44 bits per heavy atom. The molecule has 2 rings (SSSR count). The van der Waals surface area contributed by atoms with E-state index in [0.29, 0.717) is 0 Å². The van der Waals surface area contributed by atoms with Crippen LogP contribution in [0.4, 0.5) is 0 Å². The molecule has 88 valence electrons. The SMILES string of the molecule is CCC1(c2ccc(OC)cc2C)CCCN1. The molecule has 0 radical (unpaired) electrons. The first-order valence-electron chi connectivity index (χ1n) is 6.12. The van der Waals surface area contributed by atoms with E-state index in [1.165, 1.54) is 24.0 Å². The molecule has 1 atom stereocenters. The summed E-state index contributed by atoms with van der Waals surface area (Å²) in [4.78, 5) is 0. The van der Waals surface area contributed by atoms with Gasteiger partial charge in [-0.25, -0.2) is 0 Å². The van der Waals surface area contributed by atoms with Crippen molar-refractivity contribution in [1.82, 2.24) is 5.32 Å². The second-order valence-corrected chi connectivity index (χ2v) is 4.65. The maximum absolute atomic E-state index is 5.26. The van der Waals surface area contributed by atoms with Gasteiger partial charge >= 0.3 is 0 Å². The zero-order valence-electron chi connectivity index (χ0n) is 10.5. The van der Waals surface area contributed by atoms with Gasteiger partial charge in [0.25, 0.3) is 0 Å². The topological polar surface area (TPSA) is 21.3 Å². The maximum Gasteiger partial charge on any atom is 0.119 e. The third-order valence-electron chi connectivity index (χ3n) is 3.80. The van der Waals surface area contributed by atoms with Gasteiger partial charge in [0.1, 0.15) is 5.75 Å². The number of methoxy groups -OCH3 is 1. The van der Waals surface area contributed by atoms with E-state index in [1.54, 1.807) is 7.11 Å². The Hall–Kier alpha value is -1.02. The second-order valence-electron chi connectivity index (χ2n) is 4.65. The molecule has 1 aromatic rings. The summed E-state index contributed by atoms with van der Waals surface area (Å²) in [7, 11) is 1.72. The molecule has 1 aromatic carbocycles. The molecule has 2 heteroatoms. The lowest BCUT2D eigenvalue weighted by Gasteiger charge is -2.30. The molecule has 1 heterocycles. The number of rotatable bonds is 3. The Kier molecular flexibility index (Phi) is 3.20. The van der Waals surface area contributed by atoms with Crippen molar-refractivity contribution in [2.24, 2.45) is 0 Å². The van der Waals surface area contributed by atoms with Crippen LogP contribution in [-0.2, 0) is 5.54 Å². The van der Waals surface area contributed by atoms with Gasteiger partial charge in [0.05, 0.1) is 7.11 Å². The maximum atomic E-state index is 5.26. The predicted molar refractivity (Wildman–Crippen MR) is 66.9 cm³/mol. The van der Waals surface area contributed by atoms with Gasteiger partial charge in [0.15, 0.2) is 0 Å². The Morgan fingerprint density at radius 2 is 2.25 bits per heavy atom. The summed E-state index contributed by atoms with van der Waals surface area (Å²) in [5, 5.41) is 3.67. The van der Waals surface area contributed by atoms with Crippen LogP contribution in [0.1, 0.15) is 37.3 Å². The minimum absolute atomic E-state index is 0.205. The van der Waals surface area contributed by atoms with Crippen LogP contribution in [0.5, 0.6) is 5.75 Å². The summed E-state index contributed by atoms with van der Waals surface area (Å²) in [5.41, 5.74) is 2.97. The molecule has 2 nitrogen and oxygen atoms in total. The van der Waals surface area contributed by atoms with E-state index in [9.17, 15) is 0 Å². The molecule has 0 amide bonds. The van der Waals surface area contributed by atoms with Gasteiger partial charge in [0, 0.05) is 5.54 Å². The van der Waals surface area contributed by atoms with E-state index in [2.05, 4.69) is 37.4 Å². The van der Waals surface area contributed by atoms with Crippen LogP contribution in [0.3, 0.4) is 0 Å². The Labute approximate surface area is 98.0 Å². The fourth-order valence-corrected chi connectivity index (χ4v) is 2.83. The van der Waals surface area contributed by atoms with Gasteiger partial charge in [-0.05, 0) is 56.0 Å². The quantitative estimate of drug-likeness (QED) is 0.843. The molecule has 16 heavy (non-hydrogen) atoms. The molecule has 1 aliphatic heterocycles. The minimum atomic E-state index is 0.205. The van der Waals surface area contributed by atoms with Crippen LogP contribution in [0.15, 0.2) is 18.2 Å². The van der Waals surface area contributed by atoms with Crippen LogP contribution < -0.4 is 10.1 Å². The van der Waals surface area contributed by atoms with Crippen LogP contribution in [0.25, 0.3) is 0 Å². The number of aryl methyl sites for hydroxylation is 1. The molecule has 1 fully saturated rings. The zero-order chi connectivity index (χ0) is 11.6. The van der Waals surface area contributed by atoms with Crippen molar-refractivity contribution in [1.29, 1.82) is 0 Å². The number of hydrogen-bond donors (Lipinski definition) is 1. The molecule has 1 unspecified atom stereocenters. The normalized spacial score (nSPS) is 24.7. The first-order valence-corrected chi connectivity index (χ1v) is 6.12. The van der Waals surface area contributed by atoms with Crippen molar-refractivity contribution in [3.05, 3.63) is 29.3 Å². The number of hydrogen-bond acceptors (Lipinski definition) is 2. The van der Waals surface area contributed by atoms with Crippen LogP contribution >= 0.6 is 0 Å². The average molecular weight is 219 g/mol. The molecule has 0 saturated carbocycles. The fourth-order valence-electron chi connectivity index (χ4n) is 2.83. The van der Waals surface area contributed by atoms with E-state index < -0.39 is 0 Å². The smallest absolute Gasteiger partial charge is 0.119 e. The minimum Gasteiger partial charge on any atom is -0.497 e. The third kappa shape index (κ3) is 1.82. The van der Waals surface area contributed by atoms with Crippen molar-refractivity contribution in [3.63, 3.8) is 0 Å². The van der Waals surface area contributed by atoms with Crippen LogP contribution in [-0.4, -0.2) is 13.7 Å². The third-order valence-corrected chi connectivity index (χ3v) is 3.80.